The van der Waals surface area contributed by atoms with Gasteiger partial charge in [-0.15, -0.1) is 0 Å². The van der Waals surface area contributed by atoms with Gasteiger partial charge in [-0.3, -0.25) is 0 Å². The standard InChI is InChI=1S/C11H12N4O2/c1-6-2-8(11(16)17)9-5-13-15(10(9)14-6)7-3-12-4-7/h2,5,7,12H,3-4H2,1H3,(H,16,17). The van der Waals surface area contributed by atoms with E-state index < -0.39 is 5.97 Å². The lowest BCUT2D eigenvalue weighted by Crippen LogP contribution is -2.43. The Balaban J connectivity index is 2.24. The summed E-state index contributed by atoms with van der Waals surface area (Å²) in [5.41, 5.74) is 1.63. The topological polar surface area (TPSA) is 80.0 Å². The second-order valence-corrected chi connectivity index (χ2v) is 4.25. The van der Waals surface area contributed by atoms with Gasteiger partial charge in [-0.1, -0.05) is 0 Å². The number of carboxylic acid groups (broad SMARTS) is 1. The number of rotatable bonds is 2. The van der Waals surface area contributed by atoms with Gasteiger partial charge in [-0.25, -0.2) is 14.5 Å². The van der Waals surface area contributed by atoms with E-state index in [1.165, 1.54) is 0 Å². The van der Waals surface area contributed by atoms with Crippen molar-refractivity contribution in [1.82, 2.24) is 20.1 Å². The van der Waals surface area contributed by atoms with Crippen LogP contribution in [0.15, 0.2) is 12.3 Å². The molecule has 6 nitrogen and oxygen atoms in total. The van der Waals surface area contributed by atoms with Gasteiger partial charge in [0.1, 0.15) is 0 Å². The normalized spacial score (nSPS) is 16.1. The molecule has 3 rings (SSSR count). The molecular formula is C11H12N4O2. The summed E-state index contributed by atoms with van der Waals surface area (Å²) in [5, 5.41) is 17.2. The first-order valence-corrected chi connectivity index (χ1v) is 5.45. The summed E-state index contributed by atoms with van der Waals surface area (Å²) in [4.78, 5) is 15.5. The number of aromatic carboxylic acids is 1. The zero-order valence-electron chi connectivity index (χ0n) is 9.34. The molecule has 88 valence electrons. The molecule has 0 atom stereocenters. The quantitative estimate of drug-likeness (QED) is 0.791. The van der Waals surface area contributed by atoms with E-state index in [0.717, 1.165) is 13.1 Å². The Labute approximate surface area is 97.3 Å². The molecule has 0 aromatic carbocycles. The molecule has 6 heteroatoms. The van der Waals surface area contributed by atoms with Crippen molar-refractivity contribution in [3.63, 3.8) is 0 Å². The van der Waals surface area contributed by atoms with Crippen LogP contribution in [0.3, 0.4) is 0 Å². The summed E-state index contributed by atoms with van der Waals surface area (Å²) in [5.74, 6) is -0.938. The van der Waals surface area contributed by atoms with Crippen molar-refractivity contribution in [1.29, 1.82) is 0 Å². The summed E-state index contributed by atoms with van der Waals surface area (Å²) in [6.45, 7) is 3.51. The Morgan fingerprint density at radius 2 is 2.35 bits per heavy atom. The number of carboxylic acids is 1. The van der Waals surface area contributed by atoms with Gasteiger partial charge < -0.3 is 10.4 Å². The van der Waals surface area contributed by atoms with Gasteiger partial charge in [0.2, 0.25) is 0 Å². The Morgan fingerprint density at radius 1 is 1.59 bits per heavy atom. The monoisotopic (exact) mass is 232 g/mol. The molecule has 17 heavy (non-hydrogen) atoms. The van der Waals surface area contributed by atoms with Gasteiger partial charge in [-0.05, 0) is 13.0 Å². The van der Waals surface area contributed by atoms with Crippen LogP contribution in [0.1, 0.15) is 22.1 Å². The summed E-state index contributed by atoms with van der Waals surface area (Å²) < 4.78 is 1.81. The van der Waals surface area contributed by atoms with Gasteiger partial charge >= 0.3 is 5.97 Å². The van der Waals surface area contributed by atoms with Gasteiger partial charge in [-0.2, -0.15) is 5.10 Å². The fourth-order valence-corrected chi connectivity index (χ4v) is 2.03. The molecule has 1 aliphatic heterocycles. The van der Waals surface area contributed by atoms with Crippen LogP contribution in [-0.2, 0) is 0 Å². The third-order valence-corrected chi connectivity index (χ3v) is 3.03. The summed E-state index contributed by atoms with van der Waals surface area (Å²) in [6.07, 6.45) is 1.59. The average Bonchev–Trinajstić information content (AvgIpc) is 2.58. The maximum absolute atomic E-state index is 11.2. The molecule has 0 bridgehead atoms. The fraction of sp³-hybridized carbons (Fsp3) is 0.364. The first-order chi connectivity index (χ1) is 8.16. The maximum Gasteiger partial charge on any atom is 0.336 e. The van der Waals surface area contributed by atoms with Crippen LogP contribution < -0.4 is 5.32 Å². The van der Waals surface area contributed by atoms with E-state index in [1.807, 2.05) is 4.68 Å². The smallest absolute Gasteiger partial charge is 0.336 e. The Morgan fingerprint density at radius 3 is 2.94 bits per heavy atom. The van der Waals surface area contributed by atoms with Crippen molar-refractivity contribution in [2.24, 2.45) is 0 Å². The number of nitrogens with zero attached hydrogens (tertiary/aromatic N) is 3. The summed E-state index contributed by atoms with van der Waals surface area (Å²) in [6, 6.07) is 1.86. The minimum absolute atomic E-state index is 0.269. The van der Waals surface area contributed by atoms with Crippen molar-refractivity contribution >= 4 is 17.0 Å². The van der Waals surface area contributed by atoms with E-state index in [2.05, 4.69) is 15.4 Å². The summed E-state index contributed by atoms with van der Waals surface area (Å²) >= 11 is 0. The van der Waals surface area contributed by atoms with E-state index in [4.69, 9.17) is 5.11 Å². The van der Waals surface area contributed by atoms with Crippen molar-refractivity contribution in [3.05, 3.63) is 23.5 Å². The number of hydrogen-bond donors (Lipinski definition) is 2. The Bertz CT molecular complexity index is 601. The Kier molecular flexibility index (Phi) is 2.12. The zero-order valence-corrected chi connectivity index (χ0v) is 9.34. The first kappa shape index (κ1) is 10.2. The van der Waals surface area contributed by atoms with Crippen molar-refractivity contribution < 1.29 is 9.90 Å². The van der Waals surface area contributed by atoms with E-state index >= 15 is 0 Å². The lowest BCUT2D eigenvalue weighted by atomic mass is 10.1. The van der Waals surface area contributed by atoms with Crippen LogP contribution in [0.4, 0.5) is 0 Å². The molecule has 2 N–H and O–H groups in total. The molecule has 1 saturated heterocycles. The molecule has 0 aliphatic carbocycles. The molecule has 2 aromatic heterocycles. The molecule has 1 aliphatic rings. The number of carbonyl (C=O) groups is 1. The Hall–Kier alpha value is -1.95. The number of hydrogen-bond acceptors (Lipinski definition) is 4. The molecule has 3 heterocycles. The molecular weight excluding hydrogens is 220 g/mol. The highest BCUT2D eigenvalue weighted by molar-refractivity contribution is 6.01. The number of aromatic nitrogens is 3. The van der Waals surface area contributed by atoms with E-state index in [0.29, 0.717) is 16.7 Å². The van der Waals surface area contributed by atoms with Crippen LogP contribution in [-0.4, -0.2) is 38.9 Å². The van der Waals surface area contributed by atoms with Crippen LogP contribution >= 0.6 is 0 Å². The molecule has 0 unspecified atom stereocenters. The molecule has 0 spiro atoms. The average molecular weight is 232 g/mol. The van der Waals surface area contributed by atoms with Crippen LogP contribution in [0, 0.1) is 6.92 Å². The number of pyridine rings is 1. The molecule has 2 aromatic rings. The lowest BCUT2D eigenvalue weighted by molar-refractivity contribution is 0.0699. The third kappa shape index (κ3) is 1.49. The second-order valence-electron chi connectivity index (χ2n) is 4.25. The molecule has 0 radical (unpaired) electrons. The highest BCUT2D eigenvalue weighted by atomic mass is 16.4. The molecule has 1 fully saturated rings. The second kappa shape index (κ2) is 3.53. The SMILES string of the molecule is Cc1cc(C(=O)O)c2cnn(C3CNC3)c2n1. The predicted molar refractivity (Wildman–Crippen MR) is 61.1 cm³/mol. The molecule has 0 amide bonds. The van der Waals surface area contributed by atoms with Crippen LogP contribution in [0.5, 0.6) is 0 Å². The highest BCUT2D eigenvalue weighted by Crippen LogP contribution is 2.22. The highest BCUT2D eigenvalue weighted by Gasteiger charge is 2.23. The minimum Gasteiger partial charge on any atom is -0.478 e. The number of aryl methyl sites for hydroxylation is 1. The van der Waals surface area contributed by atoms with Gasteiger partial charge in [0.05, 0.1) is 23.2 Å². The van der Waals surface area contributed by atoms with E-state index in [9.17, 15) is 4.79 Å². The van der Waals surface area contributed by atoms with E-state index in [-0.39, 0.29) is 11.6 Å². The van der Waals surface area contributed by atoms with Gasteiger partial charge in [0.15, 0.2) is 5.65 Å². The first-order valence-electron chi connectivity index (χ1n) is 5.45. The zero-order chi connectivity index (χ0) is 12.0. The molecule has 0 saturated carbocycles. The van der Waals surface area contributed by atoms with E-state index in [1.54, 1.807) is 19.2 Å². The van der Waals surface area contributed by atoms with Crippen molar-refractivity contribution in [2.45, 2.75) is 13.0 Å². The van der Waals surface area contributed by atoms with Gasteiger partial charge in [0, 0.05) is 18.8 Å². The minimum atomic E-state index is -0.938. The van der Waals surface area contributed by atoms with Crippen molar-refractivity contribution in [3.8, 4) is 0 Å². The largest absolute Gasteiger partial charge is 0.478 e. The third-order valence-electron chi connectivity index (χ3n) is 3.03. The number of nitrogens with one attached hydrogen (secondary N) is 1. The summed E-state index contributed by atoms with van der Waals surface area (Å²) in [7, 11) is 0. The lowest BCUT2D eigenvalue weighted by Gasteiger charge is -2.27. The van der Waals surface area contributed by atoms with Gasteiger partial charge in [0.25, 0.3) is 0 Å². The maximum atomic E-state index is 11.2. The fourth-order valence-electron chi connectivity index (χ4n) is 2.03. The number of fused-ring (bicyclic) bond motifs is 1. The van der Waals surface area contributed by atoms with Crippen molar-refractivity contribution in [2.75, 3.05) is 13.1 Å². The van der Waals surface area contributed by atoms with Crippen LogP contribution in [0.25, 0.3) is 11.0 Å². The predicted octanol–water partition coefficient (Wildman–Crippen LogP) is 0.582. The van der Waals surface area contributed by atoms with Crippen LogP contribution in [0.2, 0.25) is 0 Å².